The number of piperazine rings is 1. The highest BCUT2D eigenvalue weighted by Crippen LogP contribution is 2.37. The van der Waals surface area contributed by atoms with Crippen molar-refractivity contribution in [3.05, 3.63) is 42.2 Å². The number of likely N-dealkylation sites (tertiary alicyclic amines) is 1. The maximum Gasteiger partial charge on any atom is 0.231 e. The van der Waals surface area contributed by atoms with Crippen molar-refractivity contribution >= 4 is 11.8 Å². The minimum Gasteiger partial charge on any atom is -0.361 e. The third-order valence-corrected chi connectivity index (χ3v) is 6.50. The Hall–Kier alpha value is -2.67. The van der Waals surface area contributed by atoms with Crippen LogP contribution >= 0.6 is 0 Å². The number of carbonyl (C=O) groups excluding carboxylic acids is 2. The Bertz CT molecular complexity index is 889. The van der Waals surface area contributed by atoms with Gasteiger partial charge < -0.3 is 19.2 Å². The van der Waals surface area contributed by atoms with Crippen molar-refractivity contribution in [1.82, 2.24) is 19.9 Å². The van der Waals surface area contributed by atoms with E-state index in [1.165, 1.54) is 0 Å². The van der Waals surface area contributed by atoms with E-state index in [9.17, 15) is 9.59 Å². The molecule has 0 N–H and O–H groups in total. The van der Waals surface area contributed by atoms with E-state index in [0.29, 0.717) is 31.7 Å². The summed E-state index contributed by atoms with van der Waals surface area (Å²) < 4.78 is 5.64. The van der Waals surface area contributed by atoms with Crippen LogP contribution in [0.5, 0.6) is 0 Å². The van der Waals surface area contributed by atoms with Gasteiger partial charge in [-0.3, -0.25) is 9.59 Å². The lowest BCUT2D eigenvalue weighted by Gasteiger charge is -2.39. The number of hydrogen-bond donors (Lipinski definition) is 0. The molecule has 1 atom stereocenters. The number of amides is 2. The maximum absolute atomic E-state index is 13.7. The van der Waals surface area contributed by atoms with Crippen LogP contribution in [0.1, 0.15) is 26.0 Å². The third-order valence-electron chi connectivity index (χ3n) is 6.50. The fourth-order valence-electron chi connectivity index (χ4n) is 4.61. The predicted molar refractivity (Wildman–Crippen MR) is 114 cm³/mol. The number of rotatable bonds is 5. The van der Waals surface area contributed by atoms with Crippen molar-refractivity contribution in [3.8, 4) is 11.3 Å². The summed E-state index contributed by atoms with van der Waals surface area (Å²) in [5.74, 6) is 0.850. The first kappa shape index (κ1) is 20.6. The summed E-state index contributed by atoms with van der Waals surface area (Å²) in [6.07, 6.45) is 1.12. The minimum absolute atomic E-state index is 0.0167. The smallest absolute Gasteiger partial charge is 0.231 e. The van der Waals surface area contributed by atoms with Crippen molar-refractivity contribution < 1.29 is 14.1 Å². The fourth-order valence-corrected chi connectivity index (χ4v) is 4.61. The maximum atomic E-state index is 13.7. The van der Waals surface area contributed by atoms with E-state index >= 15 is 0 Å². The fraction of sp³-hybridized carbons (Fsp3) is 0.522. The molecule has 0 saturated carbocycles. The summed E-state index contributed by atoms with van der Waals surface area (Å²) in [6, 6.07) is 11.8. The first-order valence-corrected chi connectivity index (χ1v) is 10.8. The largest absolute Gasteiger partial charge is 0.361 e. The molecule has 2 saturated heterocycles. The number of aromatic nitrogens is 1. The Morgan fingerprint density at radius 2 is 1.80 bits per heavy atom. The molecule has 160 valence electrons. The first-order chi connectivity index (χ1) is 14.5. The van der Waals surface area contributed by atoms with E-state index in [2.05, 4.69) is 17.0 Å². The second-order valence-electron chi connectivity index (χ2n) is 8.42. The second-order valence-corrected chi connectivity index (χ2v) is 8.42. The normalized spacial score (nSPS) is 22.5. The molecule has 3 heterocycles. The molecule has 2 fully saturated rings. The summed E-state index contributed by atoms with van der Waals surface area (Å²) in [7, 11) is 0. The summed E-state index contributed by atoms with van der Waals surface area (Å²) in [6.45, 7) is 9.04. The molecular formula is C23H30N4O3. The van der Waals surface area contributed by atoms with E-state index in [1.807, 2.05) is 41.3 Å². The highest BCUT2D eigenvalue weighted by molar-refractivity contribution is 5.85. The molecule has 2 aliphatic rings. The van der Waals surface area contributed by atoms with Crippen LogP contribution in [0.4, 0.5) is 0 Å². The topological polar surface area (TPSA) is 69.9 Å². The lowest BCUT2D eigenvalue weighted by molar-refractivity contribution is -0.144. The van der Waals surface area contributed by atoms with Crippen LogP contribution in [0.15, 0.2) is 40.9 Å². The standard InChI is InChI=1S/C23H30N4O3/c1-3-25-11-13-26(14-12-25)22(29)23(9-10-27(17-23)18(2)28)16-20-15-21(24-30-20)19-7-5-4-6-8-19/h4-8,15H,3,9-14,16-17H2,1-2H3/t23-/m0/s1. The van der Waals surface area contributed by atoms with Crippen molar-refractivity contribution in [2.24, 2.45) is 5.41 Å². The van der Waals surface area contributed by atoms with Crippen LogP contribution in [0.25, 0.3) is 11.3 Å². The summed E-state index contributed by atoms with van der Waals surface area (Å²) in [4.78, 5) is 31.8. The molecule has 0 unspecified atom stereocenters. The van der Waals surface area contributed by atoms with Gasteiger partial charge in [0, 0.05) is 64.2 Å². The molecule has 30 heavy (non-hydrogen) atoms. The molecule has 0 aliphatic carbocycles. The average Bonchev–Trinajstić information content (AvgIpc) is 3.42. The Morgan fingerprint density at radius 3 is 2.43 bits per heavy atom. The quantitative estimate of drug-likeness (QED) is 0.756. The van der Waals surface area contributed by atoms with E-state index in [1.54, 1.807) is 11.8 Å². The molecular weight excluding hydrogens is 380 g/mol. The molecule has 7 heteroatoms. The van der Waals surface area contributed by atoms with E-state index in [-0.39, 0.29) is 11.8 Å². The minimum atomic E-state index is -0.645. The molecule has 0 bridgehead atoms. The summed E-state index contributed by atoms with van der Waals surface area (Å²) in [5, 5.41) is 4.22. The molecule has 0 radical (unpaired) electrons. The highest BCUT2D eigenvalue weighted by atomic mass is 16.5. The van der Waals surface area contributed by atoms with Crippen LogP contribution in [0.2, 0.25) is 0 Å². The number of benzene rings is 1. The Labute approximate surface area is 177 Å². The molecule has 7 nitrogen and oxygen atoms in total. The van der Waals surface area contributed by atoms with Gasteiger partial charge >= 0.3 is 0 Å². The van der Waals surface area contributed by atoms with Gasteiger partial charge in [-0.15, -0.1) is 0 Å². The number of nitrogens with zero attached hydrogens (tertiary/aromatic N) is 4. The van der Waals surface area contributed by atoms with Crippen molar-refractivity contribution in [3.63, 3.8) is 0 Å². The number of likely N-dealkylation sites (N-methyl/N-ethyl adjacent to an activating group) is 1. The second kappa shape index (κ2) is 8.60. The van der Waals surface area contributed by atoms with Gasteiger partial charge in [0.1, 0.15) is 11.5 Å². The van der Waals surface area contributed by atoms with Gasteiger partial charge in [0.15, 0.2) is 0 Å². The van der Waals surface area contributed by atoms with Gasteiger partial charge in [-0.1, -0.05) is 42.4 Å². The zero-order chi connectivity index (χ0) is 21.1. The molecule has 1 aromatic heterocycles. The van der Waals surface area contributed by atoms with Crippen molar-refractivity contribution in [2.45, 2.75) is 26.7 Å². The average molecular weight is 411 g/mol. The highest BCUT2D eigenvalue weighted by Gasteiger charge is 2.48. The monoisotopic (exact) mass is 410 g/mol. The van der Waals surface area contributed by atoms with Crippen LogP contribution in [0.3, 0.4) is 0 Å². The van der Waals surface area contributed by atoms with Gasteiger partial charge in [-0.25, -0.2) is 0 Å². The number of hydrogen-bond acceptors (Lipinski definition) is 5. The third kappa shape index (κ3) is 4.12. The zero-order valence-corrected chi connectivity index (χ0v) is 17.8. The lowest BCUT2D eigenvalue weighted by Crippen LogP contribution is -2.54. The lowest BCUT2D eigenvalue weighted by atomic mass is 9.80. The van der Waals surface area contributed by atoms with Gasteiger partial charge in [-0.05, 0) is 13.0 Å². The Kier molecular flexibility index (Phi) is 5.90. The first-order valence-electron chi connectivity index (χ1n) is 10.8. The Balaban J connectivity index is 1.55. The van der Waals surface area contributed by atoms with Crippen molar-refractivity contribution in [1.29, 1.82) is 0 Å². The molecule has 2 aromatic rings. The van der Waals surface area contributed by atoms with Crippen LogP contribution < -0.4 is 0 Å². The van der Waals surface area contributed by atoms with Gasteiger partial charge in [0.25, 0.3) is 0 Å². The van der Waals surface area contributed by atoms with Gasteiger partial charge in [0.2, 0.25) is 11.8 Å². The SMILES string of the molecule is CCN1CCN(C(=O)[C@]2(Cc3cc(-c4ccccc4)no3)CCN(C(C)=O)C2)CC1. The molecule has 0 spiro atoms. The number of carbonyl (C=O) groups is 2. The molecule has 2 aliphatic heterocycles. The van der Waals surface area contributed by atoms with E-state index in [4.69, 9.17) is 4.52 Å². The van der Waals surface area contributed by atoms with Gasteiger partial charge in [0.05, 0.1) is 5.41 Å². The van der Waals surface area contributed by atoms with Crippen LogP contribution in [-0.2, 0) is 16.0 Å². The zero-order valence-electron chi connectivity index (χ0n) is 17.8. The molecule has 1 aromatic carbocycles. The van der Waals surface area contributed by atoms with Crippen LogP contribution in [-0.4, -0.2) is 77.5 Å². The summed E-state index contributed by atoms with van der Waals surface area (Å²) >= 11 is 0. The van der Waals surface area contributed by atoms with E-state index < -0.39 is 5.41 Å². The molecule has 2 amide bonds. The van der Waals surface area contributed by atoms with Crippen LogP contribution in [0, 0.1) is 5.41 Å². The van der Waals surface area contributed by atoms with E-state index in [0.717, 1.165) is 44.0 Å². The van der Waals surface area contributed by atoms with Gasteiger partial charge in [-0.2, -0.15) is 0 Å². The Morgan fingerprint density at radius 1 is 1.07 bits per heavy atom. The van der Waals surface area contributed by atoms with Crippen molar-refractivity contribution in [2.75, 3.05) is 45.8 Å². The summed E-state index contributed by atoms with van der Waals surface area (Å²) in [5.41, 5.74) is 1.11. The predicted octanol–water partition coefficient (Wildman–Crippen LogP) is 2.29. The molecule has 4 rings (SSSR count).